The number of nitrogens with one attached hydrogen (secondary N) is 1. The molecule has 84 valence electrons. The van der Waals surface area contributed by atoms with Crippen LogP contribution in [0.3, 0.4) is 0 Å². The zero-order chi connectivity index (χ0) is 11.3. The lowest BCUT2D eigenvalue weighted by Gasteiger charge is -2.29. The van der Waals surface area contributed by atoms with Gasteiger partial charge in [-0.25, -0.2) is 0 Å². The maximum Gasteiger partial charge on any atom is 0.0646 e. The predicted molar refractivity (Wildman–Crippen MR) is 65.5 cm³/mol. The summed E-state index contributed by atoms with van der Waals surface area (Å²) in [5.41, 5.74) is 5.13. The minimum absolute atomic E-state index is 0.625. The summed E-state index contributed by atoms with van der Waals surface area (Å²) in [6, 6.07) is 2.82. The minimum atomic E-state index is 0.625. The van der Waals surface area contributed by atoms with Crippen LogP contribution in [0.25, 0.3) is 10.9 Å². The Morgan fingerprint density at radius 1 is 1.50 bits per heavy atom. The number of pyridine rings is 1. The van der Waals surface area contributed by atoms with Gasteiger partial charge in [0.05, 0.1) is 11.7 Å². The fourth-order valence-corrected chi connectivity index (χ4v) is 2.53. The summed E-state index contributed by atoms with van der Waals surface area (Å²) in [6.45, 7) is 5.36. The van der Waals surface area contributed by atoms with E-state index in [1.807, 2.05) is 6.20 Å². The molecule has 3 rings (SSSR count). The van der Waals surface area contributed by atoms with Crippen LogP contribution < -0.4 is 0 Å². The standard InChI is InChI=1S/C13H17N3/c1-8-4-10-11-5-9(2)16(3)7-13(11)15-12(10)6-14-8/h4,6,9,15H,5,7H2,1-3H3/t9-/m0/s1. The SMILES string of the molecule is Cc1cc2c3c([nH]c2cn1)CN(C)[C@@H](C)C3. The smallest absolute Gasteiger partial charge is 0.0646 e. The fraction of sp³-hybridized carbons (Fsp3) is 0.462. The van der Waals surface area contributed by atoms with Crippen molar-refractivity contribution in [2.45, 2.75) is 32.9 Å². The minimum Gasteiger partial charge on any atom is -0.356 e. The first-order valence-electron chi connectivity index (χ1n) is 5.81. The monoisotopic (exact) mass is 215 g/mol. The Balaban J connectivity index is 2.21. The molecule has 0 unspecified atom stereocenters. The molecular weight excluding hydrogens is 198 g/mol. The van der Waals surface area contributed by atoms with Gasteiger partial charge in [-0.2, -0.15) is 0 Å². The normalized spacial score (nSPS) is 21.3. The highest BCUT2D eigenvalue weighted by atomic mass is 15.1. The third-order valence-electron chi connectivity index (χ3n) is 3.68. The first-order valence-corrected chi connectivity index (χ1v) is 5.81. The van der Waals surface area contributed by atoms with Crippen LogP contribution in [0.15, 0.2) is 12.3 Å². The Morgan fingerprint density at radius 3 is 3.12 bits per heavy atom. The highest BCUT2D eigenvalue weighted by Crippen LogP contribution is 2.29. The number of aromatic amines is 1. The van der Waals surface area contributed by atoms with E-state index in [1.165, 1.54) is 22.2 Å². The Kier molecular flexibility index (Phi) is 2.04. The van der Waals surface area contributed by atoms with E-state index in [-0.39, 0.29) is 0 Å². The van der Waals surface area contributed by atoms with E-state index in [4.69, 9.17) is 0 Å². The van der Waals surface area contributed by atoms with Gasteiger partial charge in [0.2, 0.25) is 0 Å². The highest BCUT2D eigenvalue weighted by Gasteiger charge is 2.23. The molecule has 2 aromatic rings. The van der Waals surface area contributed by atoms with Crippen LogP contribution in [0.2, 0.25) is 0 Å². The Bertz CT molecular complexity index is 541. The van der Waals surface area contributed by atoms with Crippen molar-refractivity contribution in [1.29, 1.82) is 0 Å². The lowest BCUT2D eigenvalue weighted by atomic mass is 9.98. The first-order chi connectivity index (χ1) is 7.65. The van der Waals surface area contributed by atoms with Gasteiger partial charge in [-0.15, -0.1) is 0 Å². The van der Waals surface area contributed by atoms with E-state index in [0.29, 0.717) is 6.04 Å². The van der Waals surface area contributed by atoms with Crippen LogP contribution in [0.5, 0.6) is 0 Å². The zero-order valence-corrected chi connectivity index (χ0v) is 10.0. The van der Waals surface area contributed by atoms with E-state index >= 15 is 0 Å². The second-order valence-electron chi connectivity index (χ2n) is 4.92. The van der Waals surface area contributed by atoms with Crippen molar-refractivity contribution in [2.24, 2.45) is 0 Å². The topological polar surface area (TPSA) is 31.9 Å². The van der Waals surface area contributed by atoms with Crippen LogP contribution in [0.4, 0.5) is 0 Å². The number of fused-ring (bicyclic) bond motifs is 3. The molecule has 0 fully saturated rings. The van der Waals surface area contributed by atoms with Crippen molar-refractivity contribution < 1.29 is 0 Å². The van der Waals surface area contributed by atoms with Gasteiger partial charge < -0.3 is 4.98 Å². The second-order valence-corrected chi connectivity index (χ2v) is 4.92. The molecular formula is C13H17N3. The molecule has 0 saturated heterocycles. The Morgan fingerprint density at radius 2 is 2.31 bits per heavy atom. The van der Waals surface area contributed by atoms with Crippen LogP contribution in [0, 0.1) is 6.92 Å². The number of likely N-dealkylation sites (N-methyl/N-ethyl adjacent to an activating group) is 1. The first kappa shape index (κ1) is 9.85. The summed E-state index contributed by atoms with van der Waals surface area (Å²) in [6.07, 6.45) is 3.09. The van der Waals surface area contributed by atoms with Gasteiger partial charge in [0.25, 0.3) is 0 Å². The maximum atomic E-state index is 4.34. The number of nitrogens with zero attached hydrogens (tertiary/aromatic N) is 2. The summed E-state index contributed by atoms with van der Waals surface area (Å²) in [7, 11) is 2.18. The highest BCUT2D eigenvalue weighted by molar-refractivity contribution is 5.84. The lowest BCUT2D eigenvalue weighted by molar-refractivity contribution is 0.229. The molecule has 0 spiro atoms. The van der Waals surface area contributed by atoms with Gasteiger partial charge in [0.15, 0.2) is 0 Å². The largest absolute Gasteiger partial charge is 0.356 e. The molecule has 0 amide bonds. The molecule has 1 N–H and O–H groups in total. The van der Waals surface area contributed by atoms with Crippen molar-refractivity contribution in [3.05, 3.63) is 29.2 Å². The molecule has 1 atom stereocenters. The quantitative estimate of drug-likeness (QED) is 0.731. The van der Waals surface area contributed by atoms with Crippen molar-refractivity contribution in [1.82, 2.24) is 14.9 Å². The second kappa shape index (κ2) is 3.32. The average Bonchev–Trinajstić information content (AvgIpc) is 2.57. The van der Waals surface area contributed by atoms with E-state index in [2.05, 4.69) is 41.8 Å². The predicted octanol–water partition coefficient (Wildman–Crippen LogP) is 2.25. The molecule has 0 aliphatic carbocycles. The van der Waals surface area contributed by atoms with Gasteiger partial charge in [-0.05, 0) is 38.9 Å². The molecule has 0 saturated carbocycles. The summed E-state index contributed by atoms with van der Waals surface area (Å²) in [4.78, 5) is 10.2. The number of rotatable bonds is 0. The summed E-state index contributed by atoms with van der Waals surface area (Å²) in [5, 5.41) is 1.36. The molecule has 1 aliphatic rings. The maximum absolute atomic E-state index is 4.34. The third kappa shape index (κ3) is 1.35. The average molecular weight is 215 g/mol. The van der Waals surface area contributed by atoms with Gasteiger partial charge in [-0.1, -0.05) is 0 Å². The molecule has 0 radical (unpaired) electrons. The molecule has 16 heavy (non-hydrogen) atoms. The molecule has 1 aliphatic heterocycles. The molecule has 3 nitrogen and oxygen atoms in total. The van der Waals surface area contributed by atoms with Crippen LogP contribution in [-0.2, 0) is 13.0 Å². The number of H-pyrrole nitrogens is 1. The van der Waals surface area contributed by atoms with Gasteiger partial charge in [0, 0.05) is 29.4 Å². The van der Waals surface area contributed by atoms with Crippen LogP contribution in [0.1, 0.15) is 23.9 Å². The molecule has 3 heterocycles. The van der Waals surface area contributed by atoms with Gasteiger partial charge in [0.1, 0.15) is 0 Å². The van der Waals surface area contributed by atoms with E-state index in [1.54, 1.807) is 0 Å². The third-order valence-corrected chi connectivity index (χ3v) is 3.68. The fourth-order valence-electron chi connectivity index (χ4n) is 2.53. The molecule has 0 aromatic carbocycles. The van der Waals surface area contributed by atoms with Gasteiger partial charge >= 0.3 is 0 Å². The summed E-state index contributed by atoms with van der Waals surface area (Å²) < 4.78 is 0. The molecule has 3 heteroatoms. The number of aromatic nitrogens is 2. The lowest BCUT2D eigenvalue weighted by Crippen LogP contribution is -2.34. The summed E-state index contributed by atoms with van der Waals surface area (Å²) in [5.74, 6) is 0. The van der Waals surface area contributed by atoms with E-state index in [9.17, 15) is 0 Å². The van der Waals surface area contributed by atoms with Crippen LogP contribution >= 0.6 is 0 Å². The Hall–Kier alpha value is -1.35. The summed E-state index contributed by atoms with van der Waals surface area (Å²) >= 11 is 0. The molecule has 2 aromatic heterocycles. The number of aryl methyl sites for hydroxylation is 1. The van der Waals surface area contributed by atoms with Crippen LogP contribution in [-0.4, -0.2) is 28.0 Å². The zero-order valence-electron chi connectivity index (χ0n) is 10.0. The van der Waals surface area contributed by atoms with Crippen molar-refractivity contribution in [2.75, 3.05) is 7.05 Å². The van der Waals surface area contributed by atoms with E-state index in [0.717, 1.165) is 18.7 Å². The van der Waals surface area contributed by atoms with Crippen molar-refractivity contribution in [3.63, 3.8) is 0 Å². The van der Waals surface area contributed by atoms with Crippen molar-refractivity contribution in [3.8, 4) is 0 Å². The number of hydrogen-bond acceptors (Lipinski definition) is 2. The number of hydrogen-bond donors (Lipinski definition) is 1. The van der Waals surface area contributed by atoms with Crippen molar-refractivity contribution >= 4 is 10.9 Å². The van der Waals surface area contributed by atoms with E-state index < -0.39 is 0 Å². The Labute approximate surface area is 95.5 Å². The molecule has 0 bridgehead atoms. The van der Waals surface area contributed by atoms with Gasteiger partial charge in [-0.3, -0.25) is 9.88 Å².